The van der Waals surface area contributed by atoms with Gasteiger partial charge in [0.2, 0.25) is 5.91 Å². The van der Waals surface area contributed by atoms with Gasteiger partial charge in [0.1, 0.15) is 5.75 Å². The van der Waals surface area contributed by atoms with E-state index in [2.05, 4.69) is 15.6 Å². The highest BCUT2D eigenvalue weighted by molar-refractivity contribution is 7.99. The van der Waals surface area contributed by atoms with Crippen LogP contribution < -0.4 is 16.7 Å². The number of phenols is 1. The van der Waals surface area contributed by atoms with Gasteiger partial charge >= 0.3 is 5.69 Å². The molecular weight excluding hydrogens is 358 g/mol. The van der Waals surface area contributed by atoms with Crippen molar-refractivity contribution in [2.45, 2.75) is 18.9 Å². The molecular formula is C16H19N5O4S. The summed E-state index contributed by atoms with van der Waals surface area (Å²) in [5.41, 5.74) is 3.43. The molecule has 1 aromatic heterocycles. The quantitative estimate of drug-likeness (QED) is 0.432. The van der Waals surface area contributed by atoms with Crippen LogP contribution in [0.15, 0.2) is 31.8 Å². The molecule has 2 rings (SSSR count). The van der Waals surface area contributed by atoms with E-state index < -0.39 is 17.2 Å². The van der Waals surface area contributed by atoms with E-state index in [0.717, 1.165) is 26.6 Å². The number of benzene rings is 1. The van der Waals surface area contributed by atoms with E-state index in [1.807, 2.05) is 0 Å². The van der Waals surface area contributed by atoms with Crippen molar-refractivity contribution < 1.29 is 9.90 Å². The fourth-order valence-electron chi connectivity index (χ4n) is 2.17. The molecule has 1 aromatic carbocycles. The van der Waals surface area contributed by atoms with Gasteiger partial charge in [0, 0.05) is 14.1 Å². The largest absolute Gasteiger partial charge is 0.507 e. The van der Waals surface area contributed by atoms with E-state index in [4.69, 9.17) is 0 Å². The lowest BCUT2D eigenvalue weighted by molar-refractivity contribution is -0.118. The first-order valence-electron chi connectivity index (χ1n) is 7.60. The lowest BCUT2D eigenvalue weighted by atomic mass is 10.1. The topological polar surface area (TPSA) is 119 Å². The van der Waals surface area contributed by atoms with Gasteiger partial charge in [-0.05, 0) is 42.7 Å². The predicted molar refractivity (Wildman–Crippen MR) is 98.8 cm³/mol. The monoisotopic (exact) mass is 377 g/mol. The number of hydrazone groups is 1. The van der Waals surface area contributed by atoms with Crippen LogP contribution in [-0.2, 0) is 18.9 Å². The summed E-state index contributed by atoms with van der Waals surface area (Å²) >= 11 is 0.922. The summed E-state index contributed by atoms with van der Waals surface area (Å²) < 4.78 is 1.97. The SMILES string of the molecule is Cc1cc(/C=N/NC(=O)CSc2nn(C)c(=O)n(C)c2=O)cc(C)c1O. The molecule has 0 fully saturated rings. The van der Waals surface area contributed by atoms with Crippen molar-refractivity contribution in [1.29, 1.82) is 0 Å². The highest BCUT2D eigenvalue weighted by Gasteiger charge is 2.11. The molecule has 1 amide bonds. The second-order valence-electron chi connectivity index (χ2n) is 5.66. The van der Waals surface area contributed by atoms with E-state index >= 15 is 0 Å². The summed E-state index contributed by atoms with van der Waals surface area (Å²) in [5, 5.41) is 17.5. The molecule has 0 aliphatic heterocycles. The van der Waals surface area contributed by atoms with Gasteiger partial charge < -0.3 is 5.11 Å². The molecule has 0 saturated heterocycles. The van der Waals surface area contributed by atoms with E-state index in [0.29, 0.717) is 11.1 Å². The van der Waals surface area contributed by atoms with Crippen molar-refractivity contribution in [2.24, 2.45) is 19.2 Å². The Morgan fingerprint density at radius 1 is 1.31 bits per heavy atom. The number of thioether (sulfide) groups is 1. The molecule has 2 N–H and O–H groups in total. The number of hydrogen-bond acceptors (Lipinski definition) is 7. The Bertz CT molecular complexity index is 970. The van der Waals surface area contributed by atoms with Gasteiger partial charge in [0.25, 0.3) is 5.56 Å². The molecule has 1 heterocycles. The van der Waals surface area contributed by atoms with Gasteiger partial charge in [-0.1, -0.05) is 11.8 Å². The molecule has 0 aliphatic rings. The molecule has 0 unspecified atom stereocenters. The van der Waals surface area contributed by atoms with Gasteiger partial charge in [-0.2, -0.15) is 10.2 Å². The van der Waals surface area contributed by atoms with Gasteiger partial charge in [0.15, 0.2) is 5.03 Å². The lowest BCUT2D eigenvalue weighted by Gasteiger charge is -2.05. The maximum atomic E-state index is 11.9. The molecule has 138 valence electrons. The van der Waals surface area contributed by atoms with Crippen molar-refractivity contribution in [3.05, 3.63) is 49.7 Å². The molecule has 0 saturated carbocycles. The van der Waals surface area contributed by atoms with Crippen LogP contribution in [0, 0.1) is 13.8 Å². The highest BCUT2D eigenvalue weighted by atomic mass is 32.2. The molecule has 0 spiro atoms. The van der Waals surface area contributed by atoms with Crippen LogP contribution in [0.25, 0.3) is 0 Å². The second-order valence-corrected chi connectivity index (χ2v) is 6.62. The number of nitrogens with one attached hydrogen (secondary N) is 1. The minimum Gasteiger partial charge on any atom is -0.507 e. The summed E-state index contributed by atoms with van der Waals surface area (Å²) in [6.07, 6.45) is 1.46. The molecule has 9 nitrogen and oxygen atoms in total. The Balaban J connectivity index is 1.98. The second kappa shape index (κ2) is 8.00. The standard InChI is InChI=1S/C16H19N5O4S/c1-9-5-11(6-10(2)13(9)23)7-17-18-12(22)8-26-14-15(24)20(3)16(25)21(4)19-14/h5-7,23H,8H2,1-4H3,(H,18,22)/b17-7+. The number of rotatable bonds is 5. The summed E-state index contributed by atoms with van der Waals surface area (Å²) in [5.74, 6) is -0.268. The Kier molecular flexibility index (Phi) is 5.98. The van der Waals surface area contributed by atoms with Crippen LogP contribution >= 0.6 is 11.8 Å². The molecule has 0 bridgehead atoms. The van der Waals surface area contributed by atoms with Crippen LogP contribution in [0.2, 0.25) is 0 Å². The van der Waals surface area contributed by atoms with Crippen LogP contribution in [0.4, 0.5) is 0 Å². The number of aromatic nitrogens is 3. The summed E-state index contributed by atoms with van der Waals surface area (Å²) in [6.45, 7) is 3.55. The average Bonchev–Trinajstić information content (AvgIpc) is 2.59. The first-order chi connectivity index (χ1) is 12.2. The zero-order chi connectivity index (χ0) is 19.4. The third-order valence-corrected chi connectivity index (χ3v) is 4.48. The minimum absolute atomic E-state index is 0.0542. The Labute approximate surface area is 153 Å². The lowest BCUT2D eigenvalue weighted by Crippen LogP contribution is -2.39. The van der Waals surface area contributed by atoms with Gasteiger partial charge in [0.05, 0.1) is 12.0 Å². The maximum absolute atomic E-state index is 11.9. The number of phenolic OH excluding ortho intramolecular Hbond substituents is 1. The predicted octanol–water partition coefficient (Wildman–Crippen LogP) is 0.0438. The Hall–Kier alpha value is -2.88. The minimum atomic E-state index is -0.551. The number of carbonyl (C=O) groups is 1. The maximum Gasteiger partial charge on any atom is 0.346 e. The van der Waals surface area contributed by atoms with E-state index in [-0.39, 0.29) is 16.5 Å². The third-order valence-electron chi connectivity index (χ3n) is 3.55. The van der Waals surface area contributed by atoms with Crippen molar-refractivity contribution in [1.82, 2.24) is 19.8 Å². The molecule has 26 heavy (non-hydrogen) atoms. The van der Waals surface area contributed by atoms with Crippen LogP contribution in [-0.4, -0.2) is 37.3 Å². The summed E-state index contributed by atoms with van der Waals surface area (Å²) in [6, 6.07) is 3.48. The summed E-state index contributed by atoms with van der Waals surface area (Å²) in [7, 11) is 2.78. The highest BCUT2D eigenvalue weighted by Crippen LogP contribution is 2.21. The van der Waals surface area contributed by atoms with Crippen LogP contribution in [0.1, 0.15) is 16.7 Å². The normalized spacial score (nSPS) is 11.1. The number of nitrogens with zero attached hydrogens (tertiary/aromatic N) is 4. The number of amides is 1. The Morgan fingerprint density at radius 2 is 1.92 bits per heavy atom. The smallest absolute Gasteiger partial charge is 0.346 e. The average molecular weight is 377 g/mol. The molecule has 0 aliphatic carbocycles. The molecule has 0 radical (unpaired) electrons. The zero-order valence-corrected chi connectivity index (χ0v) is 15.6. The third kappa shape index (κ3) is 4.39. The molecule has 10 heteroatoms. The Morgan fingerprint density at radius 3 is 2.54 bits per heavy atom. The van der Waals surface area contributed by atoms with Crippen molar-refractivity contribution in [2.75, 3.05) is 5.75 Å². The van der Waals surface area contributed by atoms with Gasteiger partial charge in [-0.3, -0.25) is 14.2 Å². The van der Waals surface area contributed by atoms with Gasteiger partial charge in [-0.15, -0.1) is 0 Å². The number of hydrogen-bond donors (Lipinski definition) is 2. The van der Waals surface area contributed by atoms with E-state index in [1.165, 1.54) is 20.3 Å². The first-order valence-corrected chi connectivity index (χ1v) is 8.58. The number of aromatic hydroxyl groups is 1. The van der Waals surface area contributed by atoms with Gasteiger partial charge in [-0.25, -0.2) is 14.9 Å². The number of carbonyl (C=O) groups excluding carboxylic acids is 1. The fourth-order valence-corrected chi connectivity index (χ4v) is 2.94. The number of aryl methyl sites for hydroxylation is 3. The van der Waals surface area contributed by atoms with E-state index in [9.17, 15) is 19.5 Å². The summed E-state index contributed by atoms with van der Waals surface area (Å²) in [4.78, 5) is 35.3. The van der Waals surface area contributed by atoms with Crippen molar-refractivity contribution in [3.63, 3.8) is 0 Å². The van der Waals surface area contributed by atoms with Crippen LogP contribution in [0.5, 0.6) is 5.75 Å². The molecule has 2 aromatic rings. The van der Waals surface area contributed by atoms with Crippen molar-refractivity contribution in [3.8, 4) is 5.75 Å². The van der Waals surface area contributed by atoms with Crippen LogP contribution in [0.3, 0.4) is 0 Å². The molecule has 0 atom stereocenters. The zero-order valence-electron chi connectivity index (χ0n) is 14.8. The van der Waals surface area contributed by atoms with Crippen molar-refractivity contribution >= 4 is 23.9 Å². The fraction of sp³-hybridized carbons (Fsp3) is 0.312. The first kappa shape index (κ1) is 19.4. The van der Waals surface area contributed by atoms with E-state index in [1.54, 1.807) is 26.0 Å².